The molecule has 0 aliphatic carbocycles. The summed E-state index contributed by atoms with van der Waals surface area (Å²) in [5.41, 5.74) is 8.12. The van der Waals surface area contributed by atoms with E-state index >= 15 is 0 Å². The molecule has 0 bridgehead atoms. The topological polar surface area (TPSA) is 94.0 Å². The molecule has 3 N–H and O–H groups in total. The van der Waals surface area contributed by atoms with E-state index in [-0.39, 0.29) is 5.69 Å². The Labute approximate surface area is 155 Å². The lowest BCUT2D eigenvalue weighted by molar-refractivity contribution is 0.102. The second-order valence-corrected chi connectivity index (χ2v) is 5.82. The summed E-state index contributed by atoms with van der Waals surface area (Å²) in [6.45, 7) is 0. The number of carbonyl (C=O) groups excluding carboxylic acids is 1. The standard InChI is InChI=1S/C21H16N4O2/c22-16-11-5-4-10-15(16)19-18(20(26)24-17-12-6-7-13-23-17)25-21(27-19)14-8-2-1-3-9-14/h1-13H,22H2,(H,23,24,26). The molecule has 6 nitrogen and oxygen atoms in total. The first-order chi connectivity index (χ1) is 13.2. The van der Waals surface area contributed by atoms with Crippen LogP contribution in [0.4, 0.5) is 11.5 Å². The number of nitrogens with two attached hydrogens (primary N) is 1. The van der Waals surface area contributed by atoms with Crippen molar-refractivity contribution in [2.45, 2.75) is 0 Å². The smallest absolute Gasteiger partial charge is 0.279 e. The summed E-state index contributed by atoms with van der Waals surface area (Å²) in [7, 11) is 0. The van der Waals surface area contributed by atoms with Crippen molar-refractivity contribution in [3.63, 3.8) is 0 Å². The Hall–Kier alpha value is -3.93. The lowest BCUT2D eigenvalue weighted by Crippen LogP contribution is -2.14. The van der Waals surface area contributed by atoms with Crippen molar-refractivity contribution in [2.75, 3.05) is 11.1 Å². The number of carbonyl (C=O) groups is 1. The molecule has 2 aromatic heterocycles. The minimum absolute atomic E-state index is 0.150. The van der Waals surface area contributed by atoms with Gasteiger partial charge in [0.25, 0.3) is 5.91 Å². The molecule has 0 spiro atoms. The van der Waals surface area contributed by atoms with Crippen LogP contribution in [0.2, 0.25) is 0 Å². The molecule has 0 aliphatic heterocycles. The molecule has 2 aromatic carbocycles. The van der Waals surface area contributed by atoms with Crippen LogP contribution in [0.3, 0.4) is 0 Å². The number of nitrogens with zero attached hydrogens (tertiary/aromatic N) is 2. The van der Waals surface area contributed by atoms with E-state index < -0.39 is 5.91 Å². The Kier molecular flexibility index (Phi) is 4.37. The van der Waals surface area contributed by atoms with Gasteiger partial charge in [0, 0.05) is 23.0 Å². The SMILES string of the molecule is Nc1ccccc1-c1oc(-c2ccccc2)nc1C(=O)Nc1ccccn1. The van der Waals surface area contributed by atoms with Gasteiger partial charge in [-0.3, -0.25) is 4.79 Å². The molecule has 0 fully saturated rings. The number of rotatable bonds is 4. The van der Waals surface area contributed by atoms with Gasteiger partial charge in [-0.2, -0.15) is 0 Å². The van der Waals surface area contributed by atoms with E-state index in [1.54, 1.807) is 36.5 Å². The molecule has 0 unspecified atom stereocenters. The molecule has 132 valence electrons. The highest BCUT2D eigenvalue weighted by molar-refractivity contribution is 6.07. The second-order valence-electron chi connectivity index (χ2n) is 5.82. The molecule has 0 saturated heterocycles. The van der Waals surface area contributed by atoms with Gasteiger partial charge in [0.15, 0.2) is 11.5 Å². The average molecular weight is 356 g/mol. The van der Waals surface area contributed by atoms with Crippen molar-refractivity contribution in [1.82, 2.24) is 9.97 Å². The van der Waals surface area contributed by atoms with Crippen LogP contribution >= 0.6 is 0 Å². The number of benzene rings is 2. The summed E-state index contributed by atoms with van der Waals surface area (Å²) >= 11 is 0. The molecule has 4 rings (SSSR count). The molecule has 1 amide bonds. The van der Waals surface area contributed by atoms with Gasteiger partial charge in [-0.05, 0) is 36.4 Å². The number of nitrogens with one attached hydrogen (secondary N) is 1. The normalized spacial score (nSPS) is 10.5. The molecule has 0 radical (unpaired) electrons. The van der Waals surface area contributed by atoms with Gasteiger partial charge < -0.3 is 15.5 Å². The summed E-state index contributed by atoms with van der Waals surface area (Å²) in [6, 6.07) is 21.8. The molecular formula is C21H16N4O2. The van der Waals surface area contributed by atoms with Gasteiger partial charge in [0.05, 0.1) is 0 Å². The number of hydrogen-bond donors (Lipinski definition) is 2. The minimum Gasteiger partial charge on any atom is -0.435 e. The molecule has 6 heteroatoms. The zero-order valence-electron chi connectivity index (χ0n) is 14.3. The molecular weight excluding hydrogens is 340 g/mol. The van der Waals surface area contributed by atoms with Crippen molar-refractivity contribution in [2.24, 2.45) is 0 Å². The Bertz CT molecular complexity index is 1080. The van der Waals surface area contributed by atoms with Crippen LogP contribution in [0, 0.1) is 0 Å². The third-order valence-electron chi connectivity index (χ3n) is 3.97. The van der Waals surface area contributed by atoms with Gasteiger partial charge in [-0.25, -0.2) is 9.97 Å². The van der Waals surface area contributed by atoms with Crippen LogP contribution in [0.15, 0.2) is 83.4 Å². The van der Waals surface area contributed by atoms with E-state index in [0.717, 1.165) is 5.56 Å². The van der Waals surface area contributed by atoms with E-state index in [9.17, 15) is 4.79 Å². The number of pyridine rings is 1. The quantitative estimate of drug-likeness (QED) is 0.533. The van der Waals surface area contributed by atoms with E-state index in [1.165, 1.54) is 0 Å². The van der Waals surface area contributed by atoms with Gasteiger partial charge in [0.1, 0.15) is 5.82 Å². The number of amides is 1. The monoisotopic (exact) mass is 356 g/mol. The third-order valence-corrected chi connectivity index (χ3v) is 3.97. The van der Waals surface area contributed by atoms with Crippen LogP contribution in [0.1, 0.15) is 10.5 Å². The highest BCUT2D eigenvalue weighted by atomic mass is 16.4. The van der Waals surface area contributed by atoms with Crippen molar-refractivity contribution in [3.05, 3.63) is 84.7 Å². The van der Waals surface area contributed by atoms with Crippen LogP contribution in [-0.4, -0.2) is 15.9 Å². The van der Waals surface area contributed by atoms with Crippen LogP contribution < -0.4 is 11.1 Å². The zero-order chi connectivity index (χ0) is 18.6. The average Bonchev–Trinajstić information content (AvgIpc) is 3.15. The Morgan fingerprint density at radius 1 is 0.926 bits per heavy atom. The van der Waals surface area contributed by atoms with E-state index in [4.69, 9.17) is 10.2 Å². The number of aromatic nitrogens is 2. The summed E-state index contributed by atoms with van der Waals surface area (Å²) < 4.78 is 5.95. The first-order valence-corrected chi connectivity index (χ1v) is 8.36. The third kappa shape index (κ3) is 3.41. The summed E-state index contributed by atoms with van der Waals surface area (Å²) in [5.74, 6) is 0.678. The van der Waals surface area contributed by atoms with Crippen molar-refractivity contribution in [1.29, 1.82) is 0 Å². The highest BCUT2D eigenvalue weighted by Gasteiger charge is 2.23. The maximum Gasteiger partial charge on any atom is 0.279 e. The summed E-state index contributed by atoms with van der Waals surface area (Å²) in [6.07, 6.45) is 1.60. The fraction of sp³-hybridized carbons (Fsp3) is 0. The second kappa shape index (κ2) is 7.13. The molecule has 0 atom stereocenters. The van der Waals surface area contributed by atoms with Crippen LogP contribution in [0.25, 0.3) is 22.8 Å². The van der Waals surface area contributed by atoms with Gasteiger partial charge >= 0.3 is 0 Å². The molecule has 0 saturated carbocycles. The largest absolute Gasteiger partial charge is 0.435 e. The Balaban J connectivity index is 1.80. The summed E-state index contributed by atoms with van der Waals surface area (Å²) in [4.78, 5) is 21.4. The van der Waals surface area contributed by atoms with Gasteiger partial charge in [0.2, 0.25) is 5.89 Å². The fourth-order valence-corrected chi connectivity index (χ4v) is 2.68. The molecule has 0 aliphatic rings. The fourth-order valence-electron chi connectivity index (χ4n) is 2.68. The first-order valence-electron chi connectivity index (χ1n) is 8.36. The highest BCUT2D eigenvalue weighted by Crippen LogP contribution is 2.33. The number of para-hydroxylation sites is 1. The van der Waals surface area contributed by atoms with E-state index in [0.29, 0.717) is 28.7 Å². The van der Waals surface area contributed by atoms with Crippen molar-refractivity contribution < 1.29 is 9.21 Å². The summed E-state index contributed by atoms with van der Waals surface area (Å²) in [5, 5.41) is 2.74. The number of hydrogen-bond acceptors (Lipinski definition) is 5. The first kappa shape index (κ1) is 16.5. The zero-order valence-corrected chi connectivity index (χ0v) is 14.3. The molecule has 2 heterocycles. The lowest BCUT2D eigenvalue weighted by atomic mass is 10.1. The van der Waals surface area contributed by atoms with Crippen LogP contribution in [-0.2, 0) is 0 Å². The minimum atomic E-state index is -0.419. The van der Waals surface area contributed by atoms with E-state index in [1.807, 2.05) is 42.5 Å². The van der Waals surface area contributed by atoms with Crippen molar-refractivity contribution in [3.8, 4) is 22.8 Å². The van der Waals surface area contributed by atoms with Crippen LogP contribution in [0.5, 0.6) is 0 Å². The van der Waals surface area contributed by atoms with Gasteiger partial charge in [-0.1, -0.05) is 36.4 Å². The number of anilines is 2. The maximum atomic E-state index is 12.8. The number of nitrogen functional groups attached to an aromatic ring is 1. The Morgan fingerprint density at radius 3 is 2.41 bits per heavy atom. The van der Waals surface area contributed by atoms with Gasteiger partial charge in [-0.15, -0.1) is 0 Å². The maximum absolute atomic E-state index is 12.8. The molecule has 27 heavy (non-hydrogen) atoms. The number of oxazole rings is 1. The Morgan fingerprint density at radius 2 is 1.67 bits per heavy atom. The van der Waals surface area contributed by atoms with Crippen molar-refractivity contribution >= 4 is 17.4 Å². The lowest BCUT2D eigenvalue weighted by Gasteiger charge is -2.05. The van der Waals surface area contributed by atoms with E-state index in [2.05, 4.69) is 15.3 Å². The molecule has 4 aromatic rings. The predicted octanol–water partition coefficient (Wildman–Crippen LogP) is 4.24. The predicted molar refractivity (Wildman–Crippen MR) is 104 cm³/mol.